The zero-order chi connectivity index (χ0) is 15.2. The van der Waals surface area contributed by atoms with Gasteiger partial charge in [0.15, 0.2) is 0 Å². The topological polar surface area (TPSA) is 67.5 Å². The molecule has 0 aliphatic heterocycles. The lowest BCUT2D eigenvalue weighted by atomic mass is 9.92. The lowest BCUT2D eigenvalue weighted by molar-refractivity contribution is 0.199. The molecule has 0 saturated heterocycles. The van der Waals surface area contributed by atoms with E-state index in [0.29, 0.717) is 18.2 Å². The van der Waals surface area contributed by atoms with E-state index >= 15 is 0 Å². The van der Waals surface area contributed by atoms with Gasteiger partial charge in [-0.3, -0.25) is 0 Å². The molecule has 1 aliphatic carbocycles. The molecular weight excluding hydrogens is 264 g/mol. The Hall–Kier alpha value is -1.57. The molecule has 0 amide bonds. The Balaban J connectivity index is 2.39. The Kier molecular flexibility index (Phi) is 5.60. The third kappa shape index (κ3) is 3.75. The van der Waals surface area contributed by atoms with Gasteiger partial charge in [0.1, 0.15) is 0 Å². The molecule has 1 aromatic rings. The fraction of sp³-hybridized carbons (Fsp3) is 0.588. The summed E-state index contributed by atoms with van der Waals surface area (Å²) in [5.41, 5.74) is 2.31. The summed E-state index contributed by atoms with van der Waals surface area (Å²) in [6.45, 7) is 2.36. The molecule has 1 unspecified atom stereocenters. The second-order valence-corrected chi connectivity index (χ2v) is 5.77. The molecule has 4 heteroatoms. The highest BCUT2D eigenvalue weighted by Gasteiger charge is 2.24. The number of aliphatic hydroxyl groups excluding tert-OH is 2. The van der Waals surface area contributed by atoms with E-state index in [9.17, 15) is 10.2 Å². The number of nitrogens with zero attached hydrogens (tertiary/aromatic N) is 2. The van der Waals surface area contributed by atoms with Crippen LogP contribution in [-0.2, 0) is 0 Å². The molecule has 0 bridgehead atoms. The van der Waals surface area contributed by atoms with Crippen molar-refractivity contribution in [2.24, 2.45) is 0 Å². The second kappa shape index (κ2) is 7.44. The molecule has 2 rings (SSSR count). The highest BCUT2D eigenvalue weighted by Crippen LogP contribution is 2.33. The lowest BCUT2D eigenvalue weighted by Gasteiger charge is -2.37. The van der Waals surface area contributed by atoms with Crippen LogP contribution in [0.5, 0.6) is 0 Å². The molecule has 0 heterocycles. The first-order chi connectivity index (χ1) is 10.2. The van der Waals surface area contributed by atoms with Gasteiger partial charge >= 0.3 is 0 Å². The average Bonchev–Trinajstić information content (AvgIpc) is 2.52. The molecule has 1 saturated carbocycles. The third-order valence-corrected chi connectivity index (χ3v) is 4.28. The van der Waals surface area contributed by atoms with E-state index in [2.05, 4.69) is 11.0 Å². The van der Waals surface area contributed by atoms with Gasteiger partial charge in [-0.1, -0.05) is 25.3 Å². The first-order valence-electron chi connectivity index (χ1n) is 7.77. The summed E-state index contributed by atoms with van der Waals surface area (Å²) < 4.78 is 0. The maximum atomic E-state index is 10.0. The summed E-state index contributed by atoms with van der Waals surface area (Å²) in [6, 6.07) is 7.95. The normalized spacial score (nSPS) is 17.2. The van der Waals surface area contributed by atoms with Gasteiger partial charge in [0.2, 0.25) is 0 Å². The summed E-state index contributed by atoms with van der Waals surface area (Å²) in [7, 11) is 0. The number of benzene rings is 1. The van der Waals surface area contributed by atoms with E-state index in [1.54, 1.807) is 13.0 Å². The van der Waals surface area contributed by atoms with Crippen molar-refractivity contribution in [3.05, 3.63) is 29.3 Å². The first-order valence-corrected chi connectivity index (χ1v) is 7.77. The van der Waals surface area contributed by atoms with Crippen LogP contribution in [0.2, 0.25) is 0 Å². The Bertz CT molecular complexity index is 502. The van der Waals surface area contributed by atoms with Gasteiger partial charge in [0.25, 0.3) is 0 Å². The summed E-state index contributed by atoms with van der Waals surface area (Å²) in [4.78, 5) is 2.18. The van der Waals surface area contributed by atoms with E-state index in [4.69, 9.17) is 5.26 Å². The smallest absolute Gasteiger partial charge is 0.0992 e. The van der Waals surface area contributed by atoms with E-state index in [1.807, 2.05) is 12.1 Å². The van der Waals surface area contributed by atoms with Crippen LogP contribution in [0.3, 0.4) is 0 Å². The molecule has 0 spiro atoms. The number of hydrogen-bond acceptors (Lipinski definition) is 4. The summed E-state index contributed by atoms with van der Waals surface area (Å²) >= 11 is 0. The lowest BCUT2D eigenvalue weighted by Crippen LogP contribution is -2.39. The van der Waals surface area contributed by atoms with Crippen LogP contribution in [0.4, 0.5) is 5.69 Å². The van der Waals surface area contributed by atoms with Gasteiger partial charge < -0.3 is 15.1 Å². The number of nitriles is 1. The minimum atomic E-state index is -0.586. The maximum absolute atomic E-state index is 10.0. The van der Waals surface area contributed by atoms with Crippen LogP contribution < -0.4 is 4.90 Å². The molecule has 0 radical (unpaired) electrons. The number of anilines is 1. The molecule has 1 fully saturated rings. The maximum Gasteiger partial charge on any atom is 0.0992 e. The molecule has 1 atom stereocenters. The SMILES string of the molecule is CC(O)c1ccc(C#N)cc1N(CCO)C1CCCCC1. The zero-order valence-corrected chi connectivity index (χ0v) is 12.6. The van der Waals surface area contributed by atoms with Gasteiger partial charge in [0.05, 0.1) is 24.3 Å². The van der Waals surface area contributed by atoms with E-state index in [0.717, 1.165) is 24.1 Å². The molecule has 21 heavy (non-hydrogen) atoms. The molecule has 2 N–H and O–H groups in total. The molecule has 114 valence electrons. The Morgan fingerprint density at radius 1 is 1.33 bits per heavy atom. The number of hydrogen-bond donors (Lipinski definition) is 2. The predicted molar refractivity (Wildman–Crippen MR) is 83.1 cm³/mol. The van der Waals surface area contributed by atoms with Crippen LogP contribution in [0.25, 0.3) is 0 Å². The van der Waals surface area contributed by atoms with Gasteiger partial charge in [0, 0.05) is 23.8 Å². The average molecular weight is 288 g/mol. The van der Waals surface area contributed by atoms with Crippen molar-refractivity contribution in [2.45, 2.75) is 51.2 Å². The largest absolute Gasteiger partial charge is 0.395 e. The van der Waals surface area contributed by atoms with Gasteiger partial charge in [-0.05, 0) is 31.9 Å². The van der Waals surface area contributed by atoms with Crippen LogP contribution >= 0.6 is 0 Å². The third-order valence-electron chi connectivity index (χ3n) is 4.28. The quantitative estimate of drug-likeness (QED) is 0.874. The highest BCUT2D eigenvalue weighted by molar-refractivity contribution is 5.59. The first kappa shape index (κ1) is 15.8. The van der Waals surface area contributed by atoms with Crippen molar-refractivity contribution in [1.29, 1.82) is 5.26 Å². The molecule has 1 aromatic carbocycles. The van der Waals surface area contributed by atoms with Gasteiger partial charge in [-0.2, -0.15) is 5.26 Å². The van der Waals surface area contributed by atoms with Crippen LogP contribution in [0.15, 0.2) is 18.2 Å². The molecule has 0 aromatic heterocycles. The van der Waals surface area contributed by atoms with Gasteiger partial charge in [-0.25, -0.2) is 0 Å². The fourth-order valence-corrected chi connectivity index (χ4v) is 3.22. The van der Waals surface area contributed by atoms with E-state index in [1.165, 1.54) is 19.3 Å². The summed E-state index contributed by atoms with van der Waals surface area (Å²) in [5.74, 6) is 0. The van der Waals surface area contributed by atoms with Crippen molar-refractivity contribution in [1.82, 2.24) is 0 Å². The zero-order valence-electron chi connectivity index (χ0n) is 12.6. The Morgan fingerprint density at radius 3 is 2.62 bits per heavy atom. The second-order valence-electron chi connectivity index (χ2n) is 5.77. The predicted octanol–water partition coefficient (Wildman–Crippen LogP) is 2.74. The minimum absolute atomic E-state index is 0.0759. The Morgan fingerprint density at radius 2 is 2.05 bits per heavy atom. The van der Waals surface area contributed by atoms with Gasteiger partial charge in [-0.15, -0.1) is 0 Å². The monoisotopic (exact) mass is 288 g/mol. The molecule has 1 aliphatic rings. The number of aliphatic hydroxyl groups is 2. The molecular formula is C17H24N2O2. The number of rotatable bonds is 5. The van der Waals surface area contributed by atoms with Crippen LogP contribution in [0.1, 0.15) is 56.3 Å². The van der Waals surface area contributed by atoms with Crippen LogP contribution in [0, 0.1) is 11.3 Å². The van der Waals surface area contributed by atoms with E-state index in [-0.39, 0.29) is 6.61 Å². The van der Waals surface area contributed by atoms with Crippen molar-refractivity contribution < 1.29 is 10.2 Å². The van der Waals surface area contributed by atoms with Crippen molar-refractivity contribution in [2.75, 3.05) is 18.1 Å². The summed E-state index contributed by atoms with van der Waals surface area (Å²) in [6.07, 6.45) is 5.30. The Labute approximate surface area is 126 Å². The highest BCUT2D eigenvalue weighted by atomic mass is 16.3. The van der Waals surface area contributed by atoms with Crippen LogP contribution in [-0.4, -0.2) is 29.4 Å². The standard InChI is InChI=1S/C17H24N2O2/c1-13(21)16-8-7-14(12-18)11-17(16)19(9-10-20)15-5-3-2-4-6-15/h7-8,11,13,15,20-21H,2-6,9-10H2,1H3. The molecule has 4 nitrogen and oxygen atoms in total. The van der Waals surface area contributed by atoms with Crippen molar-refractivity contribution in [3.63, 3.8) is 0 Å². The minimum Gasteiger partial charge on any atom is -0.395 e. The van der Waals surface area contributed by atoms with E-state index < -0.39 is 6.10 Å². The van der Waals surface area contributed by atoms with Crippen molar-refractivity contribution in [3.8, 4) is 6.07 Å². The fourth-order valence-electron chi connectivity index (χ4n) is 3.22. The van der Waals surface area contributed by atoms with Crippen molar-refractivity contribution >= 4 is 5.69 Å². The summed E-state index contributed by atoms with van der Waals surface area (Å²) in [5, 5.41) is 28.6.